The molecule has 0 atom stereocenters. The van der Waals surface area contributed by atoms with Crippen molar-refractivity contribution in [2.24, 2.45) is 12.1 Å². The summed E-state index contributed by atoms with van der Waals surface area (Å²) in [4.78, 5) is 31.8. The van der Waals surface area contributed by atoms with Gasteiger partial charge < -0.3 is 4.57 Å². The SMILES string of the molecule is CCCCCCCCCCCCCCCCn1c(NN=C(C)c2ccccc2)nc2c1c(=O)[nH]c(=O)n2C. The fraction of sp³-hybridized carbons (Fsp3) is 0.600. The van der Waals surface area contributed by atoms with Crippen molar-refractivity contribution >= 4 is 22.8 Å². The Kier molecular flexibility index (Phi) is 12.3. The number of benzene rings is 1. The number of anilines is 1. The average Bonchev–Trinajstić information content (AvgIpc) is 3.30. The Morgan fingerprint density at radius 3 is 2.00 bits per heavy atom. The normalized spacial score (nSPS) is 11.9. The Bertz CT molecular complexity index is 1260. The summed E-state index contributed by atoms with van der Waals surface area (Å²) in [5.41, 5.74) is 4.72. The molecule has 3 aromatic rings. The summed E-state index contributed by atoms with van der Waals surface area (Å²) < 4.78 is 3.23. The number of aromatic amines is 1. The van der Waals surface area contributed by atoms with Gasteiger partial charge in [0, 0.05) is 13.6 Å². The van der Waals surface area contributed by atoms with Crippen molar-refractivity contribution < 1.29 is 0 Å². The summed E-state index contributed by atoms with van der Waals surface area (Å²) in [5.74, 6) is 0.469. The van der Waals surface area contributed by atoms with Crippen LogP contribution in [0, 0.1) is 0 Å². The predicted octanol–water partition coefficient (Wildman–Crippen LogP) is 6.74. The molecular formula is C30H46N6O2. The monoisotopic (exact) mass is 522 g/mol. The summed E-state index contributed by atoms with van der Waals surface area (Å²) in [6.45, 7) is 4.83. The Labute approximate surface area is 226 Å². The van der Waals surface area contributed by atoms with Gasteiger partial charge in [-0.15, -0.1) is 0 Å². The van der Waals surface area contributed by atoms with E-state index in [2.05, 4.69) is 27.4 Å². The third kappa shape index (κ3) is 8.71. The van der Waals surface area contributed by atoms with Crippen molar-refractivity contribution in [1.29, 1.82) is 0 Å². The molecule has 8 nitrogen and oxygen atoms in total. The van der Waals surface area contributed by atoms with E-state index in [1.54, 1.807) is 7.05 Å². The minimum absolute atomic E-state index is 0.360. The van der Waals surface area contributed by atoms with Crippen molar-refractivity contribution in [3.8, 4) is 0 Å². The number of hydrogen-bond donors (Lipinski definition) is 2. The third-order valence-electron chi connectivity index (χ3n) is 7.26. The second-order valence-electron chi connectivity index (χ2n) is 10.3. The smallest absolute Gasteiger partial charge is 0.303 e. The number of nitrogens with zero attached hydrogens (tertiary/aromatic N) is 4. The zero-order valence-corrected chi connectivity index (χ0v) is 23.6. The summed E-state index contributed by atoms with van der Waals surface area (Å²) in [6.07, 6.45) is 18.1. The van der Waals surface area contributed by atoms with Crippen molar-refractivity contribution in [2.75, 3.05) is 5.43 Å². The number of H-pyrrole nitrogens is 1. The molecule has 0 radical (unpaired) electrons. The summed E-state index contributed by atoms with van der Waals surface area (Å²) in [6, 6.07) is 9.88. The molecule has 208 valence electrons. The maximum atomic E-state index is 12.7. The molecule has 1 aromatic carbocycles. The number of nitrogens with one attached hydrogen (secondary N) is 2. The van der Waals surface area contributed by atoms with Crippen LogP contribution < -0.4 is 16.7 Å². The first-order chi connectivity index (χ1) is 18.5. The van der Waals surface area contributed by atoms with Crippen molar-refractivity contribution in [2.45, 2.75) is 110 Å². The zero-order valence-electron chi connectivity index (χ0n) is 23.6. The van der Waals surface area contributed by atoms with Crippen LogP contribution >= 0.6 is 0 Å². The number of hydrazone groups is 1. The van der Waals surface area contributed by atoms with E-state index in [0.29, 0.717) is 23.7 Å². The van der Waals surface area contributed by atoms with Gasteiger partial charge in [0.05, 0.1) is 5.71 Å². The molecule has 0 spiro atoms. The molecule has 38 heavy (non-hydrogen) atoms. The van der Waals surface area contributed by atoms with Gasteiger partial charge in [0.15, 0.2) is 11.2 Å². The molecule has 8 heteroatoms. The number of aromatic nitrogens is 4. The number of imidazole rings is 1. The Balaban J connectivity index is 1.50. The highest BCUT2D eigenvalue weighted by molar-refractivity contribution is 5.99. The molecule has 0 unspecified atom stereocenters. The van der Waals surface area contributed by atoms with E-state index >= 15 is 0 Å². The molecule has 3 rings (SSSR count). The topological polar surface area (TPSA) is 97.1 Å². The minimum atomic E-state index is -0.473. The second kappa shape index (κ2) is 15.9. The lowest BCUT2D eigenvalue weighted by Crippen LogP contribution is -2.29. The largest absolute Gasteiger partial charge is 0.329 e. The standard InChI is InChI=1S/C30H46N6O2/c1-4-5-6-7-8-9-10-11-12-13-14-15-16-20-23-36-26-27(35(3)30(38)32-28(26)37)31-29(36)34-33-24(2)25-21-18-17-19-22-25/h17-19,21-22H,4-16,20,23H2,1-3H3,(H,31,34)(H,32,37,38). The molecule has 2 N–H and O–H groups in total. The fourth-order valence-corrected chi connectivity index (χ4v) is 4.88. The fourth-order valence-electron chi connectivity index (χ4n) is 4.88. The highest BCUT2D eigenvalue weighted by atomic mass is 16.2. The van der Waals surface area contributed by atoms with E-state index in [1.165, 1.54) is 81.6 Å². The predicted molar refractivity (Wildman–Crippen MR) is 158 cm³/mol. The van der Waals surface area contributed by atoms with Gasteiger partial charge in [-0.05, 0) is 18.9 Å². The van der Waals surface area contributed by atoms with Crippen molar-refractivity contribution in [3.63, 3.8) is 0 Å². The zero-order chi connectivity index (χ0) is 27.2. The lowest BCUT2D eigenvalue weighted by atomic mass is 10.0. The number of hydrogen-bond acceptors (Lipinski definition) is 5. The van der Waals surface area contributed by atoms with Crippen LogP contribution in [0.3, 0.4) is 0 Å². The Morgan fingerprint density at radius 1 is 0.868 bits per heavy atom. The van der Waals surface area contributed by atoms with E-state index < -0.39 is 11.2 Å². The molecule has 0 saturated heterocycles. The summed E-state index contributed by atoms with van der Waals surface area (Å²) in [7, 11) is 1.62. The van der Waals surface area contributed by atoms with Gasteiger partial charge in [-0.2, -0.15) is 10.1 Å². The molecule has 0 aliphatic heterocycles. The van der Waals surface area contributed by atoms with Crippen LogP contribution in [-0.2, 0) is 13.6 Å². The van der Waals surface area contributed by atoms with Gasteiger partial charge >= 0.3 is 5.69 Å². The van der Waals surface area contributed by atoms with Gasteiger partial charge in [-0.3, -0.25) is 14.3 Å². The molecule has 2 heterocycles. The van der Waals surface area contributed by atoms with E-state index in [-0.39, 0.29) is 0 Å². The number of aryl methyl sites for hydroxylation is 2. The van der Waals surface area contributed by atoms with Crippen LogP contribution in [0.25, 0.3) is 11.2 Å². The van der Waals surface area contributed by atoms with E-state index in [9.17, 15) is 9.59 Å². The van der Waals surface area contributed by atoms with E-state index in [1.807, 2.05) is 41.8 Å². The molecule has 0 saturated carbocycles. The highest BCUT2D eigenvalue weighted by Gasteiger charge is 2.17. The number of unbranched alkanes of at least 4 members (excludes halogenated alkanes) is 13. The average molecular weight is 523 g/mol. The molecule has 0 aliphatic rings. The van der Waals surface area contributed by atoms with Crippen molar-refractivity contribution in [3.05, 3.63) is 56.7 Å². The quantitative estimate of drug-likeness (QED) is 0.110. The van der Waals surface area contributed by atoms with Gasteiger partial charge in [0.2, 0.25) is 5.95 Å². The second-order valence-corrected chi connectivity index (χ2v) is 10.3. The maximum absolute atomic E-state index is 12.7. The van der Waals surface area contributed by atoms with Gasteiger partial charge in [-0.1, -0.05) is 121 Å². The molecule has 2 aromatic heterocycles. The summed E-state index contributed by atoms with van der Waals surface area (Å²) >= 11 is 0. The first-order valence-electron chi connectivity index (χ1n) is 14.6. The van der Waals surface area contributed by atoms with Gasteiger partial charge in [0.25, 0.3) is 5.56 Å². The summed E-state index contributed by atoms with van der Waals surface area (Å²) in [5, 5.41) is 4.50. The Morgan fingerprint density at radius 2 is 1.42 bits per heavy atom. The number of rotatable bonds is 18. The van der Waals surface area contributed by atoms with E-state index in [4.69, 9.17) is 0 Å². The van der Waals surface area contributed by atoms with Crippen LogP contribution in [0.5, 0.6) is 0 Å². The molecular weight excluding hydrogens is 476 g/mol. The first-order valence-corrected chi connectivity index (χ1v) is 14.6. The van der Waals surface area contributed by atoms with Crippen LogP contribution in [0.15, 0.2) is 45.0 Å². The molecule has 0 bridgehead atoms. The van der Waals surface area contributed by atoms with Crippen LogP contribution in [0.2, 0.25) is 0 Å². The highest BCUT2D eigenvalue weighted by Crippen LogP contribution is 2.18. The lowest BCUT2D eigenvalue weighted by molar-refractivity contribution is 0.526. The minimum Gasteiger partial charge on any atom is -0.303 e. The van der Waals surface area contributed by atoms with Crippen LogP contribution in [0.1, 0.15) is 109 Å². The third-order valence-corrected chi connectivity index (χ3v) is 7.26. The number of fused-ring (bicyclic) bond motifs is 1. The van der Waals surface area contributed by atoms with Gasteiger partial charge in [0.1, 0.15) is 0 Å². The maximum Gasteiger partial charge on any atom is 0.329 e. The Hall–Kier alpha value is -3.16. The van der Waals surface area contributed by atoms with Crippen LogP contribution in [-0.4, -0.2) is 24.8 Å². The van der Waals surface area contributed by atoms with Crippen molar-refractivity contribution in [1.82, 2.24) is 19.1 Å². The first kappa shape index (κ1) is 29.4. The van der Waals surface area contributed by atoms with Gasteiger partial charge in [-0.25, -0.2) is 10.2 Å². The van der Waals surface area contributed by atoms with E-state index in [0.717, 1.165) is 24.1 Å². The molecule has 0 amide bonds. The molecule has 0 fully saturated rings. The lowest BCUT2D eigenvalue weighted by Gasteiger charge is -2.09. The molecule has 0 aliphatic carbocycles. The van der Waals surface area contributed by atoms with Crippen LogP contribution in [0.4, 0.5) is 5.95 Å².